The van der Waals surface area contributed by atoms with Crippen LogP contribution in [-0.4, -0.2) is 37.6 Å². The van der Waals surface area contributed by atoms with E-state index in [-0.39, 0.29) is 0 Å². The number of hydrogen-bond acceptors (Lipinski definition) is 3. The van der Waals surface area contributed by atoms with Crippen LogP contribution in [-0.2, 0) is 0 Å². The highest BCUT2D eigenvalue weighted by Gasteiger charge is 2.17. The summed E-state index contributed by atoms with van der Waals surface area (Å²) in [5, 5.41) is 0. The molecule has 1 saturated heterocycles. The van der Waals surface area contributed by atoms with E-state index in [1.54, 1.807) is 0 Å². The maximum absolute atomic E-state index is 6.04. The molecule has 1 fully saturated rings. The Balaban J connectivity index is 2.02. The molecule has 0 atom stereocenters. The van der Waals surface area contributed by atoms with Gasteiger partial charge in [0.1, 0.15) is 0 Å². The molecule has 1 aliphatic heterocycles. The number of nitrogen functional groups attached to an aromatic ring is 1. The van der Waals surface area contributed by atoms with Gasteiger partial charge in [-0.2, -0.15) is 0 Å². The van der Waals surface area contributed by atoms with Gasteiger partial charge in [-0.3, -0.25) is 4.90 Å². The minimum Gasteiger partial charge on any atom is -0.397 e. The average molecular weight is 296 g/mol. The van der Waals surface area contributed by atoms with Gasteiger partial charge in [0, 0.05) is 37.2 Å². The monoisotopic (exact) mass is 295 g/mol. The predicted octanol–water partition coefficient (Wildman–Crippen LogP) is 2.34. The van der Waals surface area contributed by atoms with Crippen molar-refractivity contribution in [2.75, 3.05) is 43.4 Å². The molecule has 17 heavy (non-hydrogen) atoms. The van der Waals surface area contributed by atoms with Crippen molar-refractivity contribution in [1.29, 1.82) is 0 Å². The van der Waals surface area contributed by atoms with Crippen molar-refractivity contribution in [3.05, 3.63) is 35.3 Å². The van der Waals surface area contributed by atoms with Gasteiger partial charge in [0.15, 0.2) is 0 Å². The Kier molecular flexibility index (Phi) is 4.07. The first-order chi connectivity index (χ1) is 8.20. The molecular weight excluding hydrogens is 278 g/mol. The summed E-state index contributed by atoms with van der Waals surface area (Å²) in [4.78, 5) is 4.75. The predicted molar refractivity (Wildman–Crippen MR) is 77.4 cm³/mol. The lowest BCUT2D eigenvalue weighted by Crippen LogP contribution is -2.46. The van der Waals surface area contributed by atoms with E-state index in [4.69, 9.17) is 5.73 Å². The normalized spacial score (nSPS) is 17.1. The number of piperazine rings is 1. The van der Waals surface area contributed by atoms with E-state index in [0.717, 1.165) is 48.6 Å². The molecule has 0 aromatic heterocycles. The molecular formula is C13H18BrN3. The molecule has 2 N–H and O–H groups in total. The van der Waals surface area contributed by atoms with E-state index >= 15 is 0 Å². The third kappa shape index (κ3) is 3.01. The van der Waals surface area contributed by atoms with Crippen LogP contribution in [0.2, 0.25) is 0 Å². The maximum atomic E-state index is 6.04. The molecule has 1 aliphatic rings. The summed E-state index contributed by atoms with van der Waals surface area (Å²) >= 11 is 3.43. The largest absolute Gasteiger partial charge is 0.397 e. The number of anilines is 2. The van der Waals surface area contributed by atoms with Crippen molar-refractivity contribution < 1.29 is 0 Å². The summed E-state index contributed by atoms with van der Waals surface area (Å²) in [6.45, 7) is 8.95. The van der Waals surface area contributed by atoms with Gasteiger partial charge in [-0.25, -0.2) is 0 Å². The lowest BCUT2D eigenvalue weighted by Gasteiger charge is -2.36. The smallest absolute Gasteiger partial charge is 0.0601 e. The SMILES string of the molecule is C=CCN1CCN(c2ccc(Br)cc2N)CC1. The quantitative estimate of drug-likeness (QED) is 0.686. The number of rotatable bonds is 3. The summed E-state index contributed by atoms with van der Waals surface area (Å²) in [6, 6.07) is 6.09. The Hall–Kier alpha value is -1.00. The van der Waals surface area contributed by atoms with Crippen molar-refractivity contribution in [3.63, 3.8) is 0 Å². The highest BCUT2D eigenvalue weighted by atomic mass is 79.9. The number of halogens is 1. The van der Waals surface area contributed by atoms with E-state index in [1.807, 2.05) is 18.2 Å². The van der Waals surface area contributed by atoms with Crippen molar-refractivity contribution in [2.24, 2.45) is 0 Å². The molecule has 0 bridgehead atoms. The maximum Gasteiger partial charge on any atom is 0.0601 e. The van der Waals surface area contributed by atoms with Gasteiger partial charge in [0.05, 0.1) is 11.4 Å². The first-order valence-electron chi connectivity index (χ1n) is 5.84. The standard InChI is InChI=1S/C13H18BrN3/c1-2-5-16-6-8-17(9-7-16)13-4-3-11(14)10-12(13)15/h2-4,10H,1,5-9,15H2. The van der Waals surface area contributed by atoms with Gasteiger partial charge in [-0.15, -0.1) is 6.58 Å². The highest BCUT2D eigenvalue weighted by molar-refractivity contribution is 9.10. The first-order valence-corrected chi connectivity index (χ1v) is 6.63. The lowest BCUT2D eigenvalue weighted by molar-refractivity contribution is 0.284. The van der Waals surface area contributed by atoms with Crippen LogP contribution in [0.15, 0.2) is 35.3 Å². The number of benzene rings is 1. The molecule has 2 rings (SSSR count). The van der Waals surface area contributed by atoms with Crippen molar-refractivity contribution >= 4 is 27.3 Å². The van der Waals surface area contributed by atoms with Gasteiger partial charge in [0.2, 0.25) is 0 Å². The molecule has 1 heterocycles. The molecule has 92 valence electrons. The zero-order valence-electron chi connectivity index (χ0n) is 9.90. The van der Waals surface area contributed by atoms with Crippen LogP contribution in [0.3, 0.4) is 0 Å². The van der Waals surface area contributed by atoms with Gasteiger partial charge in [-0.05, 0) is 18.2 Å². The number of hydrogen-bond donors (Lipinski definition) is 1. The van der Waals surface area contributed by atoms with Gasteiger partial charge in [0.25, 0.3) is 0 Å². The molecule has 0 saturated carbocycles. The molecule has 4 heteroatoms. The third-order valence-electron chi connectivity index (χ3n) is 3.09. The molecule has 3 nitrogen and oxygen atoms in total. The minimum atomic E-state index is 0.844. The molecule has 0 radical (unpaired) electrons. The van der Waals surface area contributed by atoms with Crippen molar-refractivity contribution in [3.8, 4) is 0 Å². The Morgan fingerprint density at radius 1 is 1.29 bits per heavy atom. The molecule has 0 unspecified atom stereocenters. The molecule has 1 aromatic rings. The third-order valence-corrected chi connectivity index (χ3v) is 3.58. The Bertz CT molecular complexity index is 398. The van der Waals surface area contributed by atoms with E-state index < -0.39 is 0 Å². The minimum absolute atomic E-state index is 0.844. The van der Waals surface area contributed by atoms with Crippen LogP contribution in [0, 0.1) is 0 Å². The zero-order chi connectivity index (χ0) is 12.3. The Morgan fingerprint density at radius 3 is 2.59 bits per heavy atom. The highest BCUT2D eigenvalue weighted by Crippen LogP contribution is 2.27. The lowest BCUT2D eigenvalue weighted by atomic mass is 10.2. The van der Waals surface area contributed by atoms with E-state index in [2.05, 4.69) is 38.4 Å². The summed E-state index contributed by atoms with van der Waals surface area (Å²) in [6.07, 6.45) is 1.96. The van der Waals surface area contributed by atoms with Gasteiger partial charge < -0.3 is 10.6 Å². The van der Waals surface area contributed by atoms with Crippen LogP contribution in [0.25, 0.3) is 0 Å². The zero-order valence-corrected chi connectivity index (χ0v) is 11.5. The van der Waals surface area contributed by atoms with Crippen molar-refractivity contribution in [2.45, 2.75) is 0 Å². The summed E-state index contributed by atoms with van der Waals surface area (Å²) in [7, 11) is 0. The Morgan fingerprint density at radius 2 is 2.00 bits per heavy atom. The van der Waals surface area contributed by atoms with E-state index in [0.29, 0.717) is 0 Å². The summed E-state index contributed by atoms with van der Waals surface area (Å²) in [5.41, 5.74) is 8.03. The molecule has 1 aromatic carbocycles. The number of nitrogens with zero attached hydrogens (tertiary/aromatic N) is 2. The van der Waals surface area contributed by atoms with Crippen LogP contribution in [0.5, 0.6) is 0 Å². The fraction of sp³-hybridized carbons (Fsp3) is 0.385. The van der Waals surface area contributed by atoms with Gasteiger partial charge >= 0.3 is 0 Å². The second-order valence-electron chi connectivity index (χ2n) is 4.28. The Labute approximate surface area is 111 Å². The van der Waals surface area contributed by atoms with Crippen LogP contribution in [0.4, 0.5) is 11.4 Å². The molecule has 0 aliphatic carbocycles. The van der Waals surface area contributed by atoms with Crippen LogP contribution in [0.1, 0.15) is 0 Å². The fourth-order valence-electron chi connectivity index (χ4n) is 2.17. The van der Waals surface area contributed by atoms with Gasteiger partial charge in [-0.1, -0.05) is 22.0 Å². The summed E-state index contributed by atoms with van der Waals surface area (Å²) in [5.74, 6) is 0. The average Bonchev–Trinajstić information content (AvgIpc) is 2.31. The first kappa shape index (κ1) is 12.5. The number of nitrogens with two attached hydrogens (primary N) is 1. The molecule has 0 spiro atoms. The van der Waals surface area contributed by atoms with E-state index in [9.17, 15) is 0 Å². The van der Waals surface area contributed by atoms with Crippen LogP contribution < -0.4 is 10.6 Å². The van der Waals surface area contributed by atoms with E-state index in [1.165, 1.54) is 0 Å². The molecule has 0 amide bonds. The fourth-order valence-corrected chi connectivity index (χ4v) is 2.55. The van der Waals surface area contributed by atoms with Crippen molar-refractivity contribution in [1.82, 2.24) is 4.90 Å². The second kappa shape index (κ2) is 5.56. The summed E-state index contributed by atoms with van der Waals surface area (Å²) < 4.78 is 1.03. The topological polar surface area (TPSA) is 32.5 Å². The second-order valence-corrected chi connectivity index (χ2v) is 5.20. The van der Waals surface area contributed by atoms with Crippen LogP contribution >= 0.6 is 15.9 Å².